The number of rotatable bonds is 9. The number of fused-ring (bicyclic) bond motifs is 1. The number of nitrogens with zero attached hydrogens (tertiary/aromatic N) is 3. The van der Waals surface area contributed by atoms with Crippen LogP contribution in [0.4, 0.5) is 19.0 Å². The lowest BCUT2D eigenvalue weighted by Gasteiger charge is -2.22. The van der Waals surface area contributed by atoms with Gasteiger partial charge in [0.15, 0.2) is 5.82 Å². The molecule has 1 saturated carbocycles. The molecule has 1 aliphatic rings. The number of alkyl halides is 3. The van der Waals surface area contributed by atoms with Gasteiger partial charge in [0.05, 0.1) is 42.8 Å². The van der Waals surface area contributed by atoms with Crippen LogP contribution in [-0.4, -0.2) is 38.5 Å². The predicted molar refractivity (Wildman–Crippen MR) is 156 cm³/mol. The van der Waals surface area contributed by atoms with E-state index in [9.17, 15) is 26.4 Å². The number of anilines is 1. The van der Waals surface area contributed by atoms with Crippen molar-refractivity contribution in [3.63, 3.8) is 0 Å². The van der Waals surface area contributed by atoms with Gasteiger partial charge in [-0.1, -0.05) is 23.4 Å². The summed E-state index contributed by atoms with van der Waals surface area (Å²) in [6, 6.07) is 20.1. The normalized spacial score (nSPS) is 16.6. The molecule has 1 fully saturated rings. The Morgan fingerprint density at radius 3 is 2.39 bits per heavy atom. The van der Waals surface area contributed by atoms with Gasteiger partial charge in [0, 0.05) is 17.5 Å². The van der Waals surface area contributed by atoms with E-state index in [1.54, 1.807) is 36.4 Å². The zero-order chi connectivity index (χ0) is 31.2. The highest BCUT2D eigenvalue weighted by molar-refractivity contribution is 7.92. The third-order valence-electron chi connectivity index (χ3n) is 7.70. The highest BCUT2D eigenvalue weighted by Gasteiger charge is 2.56. The minimum Gasteiger partial charge on any atom is -0.497 e. The topological polar surface area (TPSA) is 104 Å². The fraction of sp³-hybridized carbons (Fsp3) is 0.226. The van der Waals surface area contributed by atoms with Gasteiger partial charge in [-0.15, -0.1) is 0 Å². The molecule has 0 bridgehead atoms. The molecule has 0 saturated heterocycles. The summed E-state index contributed by atoms with van der Waals surface area (Å²) in [5.41, 5.74) is 1.41. The number of sulfonamides is 1. The van der Waals surface area contributed by atoms with Gasteiger partial charge in [-0.25, -0.2) is 12.7 Å². The van der Waals surface area contributed by atoms with Crippen molar-refractivity contribution < 1.29 is 35.6 Å². The van der Waals surface area contributed by atoms with Crippen molar-refractivity contribution >= 4 is 26.7 Å². The molecule has 5 aromatic rings. The summed E-state index contributed by atoms with van der Waals surface area (Å²) in [5, 5.41) is 4.28. The van der Waals surface area contributed by atoms with Crippen LogP contribution in [0.2, 0.25) is 0 Å². The maximum Gasteiger partial charge on any atom is 0.392 e. The second-order valence-electron chi connectivity index (χ2n) is 10.4. The summed E-state index contributed by atoms with van der Waals surface area (Å²) in [6.45, 7) is -0.0455. The summed E-state index contributed by atoms with van der Waals surface area (Å²) in [5.74, 6) is -1.15. The number of halogens is 3. The largest absolute Gasteiger partial charge is 0.497 e. The summed E-state index contributed by atoms with van der Waals surface area (Å²) in [6.07, 6.45) is -3.00. The fourth-order valence-corrected chi connectivity index (χ4v) is 6.75. The van der Waals surface area contributed by atoms with Crippen LogP contribution >= 0.6 is 0 Å². The number of hydrogen-bond donors (Lipinski definition) is 0. The molecule has 0 amide bonds. The molecule has 44 heavy (non-hydrogen) atoms. The molecule has 0 aliphatic heterocycles. The van der Waals surface area contributed by atoms with Gasteiger partial charge < -0.3 is 14.0 Å². The van der Waals surface area contributed by atoms with E-state index in [1.165, 1.54) is 67.5 Å². The van der Waals surface area contributed by atoms with E-state index in [0.29, 0.717) is 33.5 Å². The number of methoxy groups -OCH3 is 2. The van der Waals surface area contributed by atoms with Crippen molar-refractivity contribution in [2.45, 2.75) is 30.0 Å². The lowest BCUT2D eigenvalue weighted by atomic mass is 10.1. The van der Waals surface area contributed by atoms with Crippen LogP contribution < -0.4 is 19.3 Å². The van der Waals surface area contributed by atoms with E-state index in [4.69, 9.17) is 14.0 Å². The number of pyridine rings is 1. The van der Waals surface area contributed by atoms with E-state index in [0.717, 1.165) is 4.31 Å². The Morgan fingerprint density at radius 2 is 1.75 bits per heavy atom. The molecule has 0 N–H and O–H groups in total. The standard InChI is InChI=1S/C31H26F3N3O6S/c1-41-22-7-3-19(4-8-22)18-36(29-13-14-43-35-29)44(39,40)23-9-11-26-21(15-23)6-12-30(38)37(26)27-10-5-20(16-28(27)42-2)24-17-25(24)31(32,33)34/h3-16,24-25H,17-18H2,1-2H3/t24?,25-/m1/s1. The van der Waals surface area contributed by atoms with E-state index >= 15 is 0 Å². The average Bonchev–Trinajstić information content (AvgIpc) is 3.67. The van der Waals surface area contributed by atoms with Crippen molar-refractivity contribution in [3.8, 4) is 17.2 Å². The number of ether oxygens (including phenoxy) is 2. The molecule has 2 aromatic heterocycles. The zero-order valence-electron chi connectivity index (χ0n) is 23.5. The molecule has 1 unspecified atom stereocenters. The Bertz CT molecular complexity index is 1990. The molecule has 0 radical (unpaired) electrons. The highest BCUT2D eigenvalue weighted by atomic mass is 32.2. The summed E-state index contributed by atoms with van der Waals surface area (Å²) < 4.78 is 85.6. The average molecular weight is 626 g/mol. The van der Waals surface area contributed by atoms with Gasteiger partial charge in [0.2, 0.25) is 0 Å². The molecular formula is C31H26F3N3O6S. The van der Waals surface area contributed by atoms with Crippen LogP contribution in [0.1, 0.15) is 23.5 Å². The van der Waals surface area contributed by atoms with Crippen LogP contribution in [0.5, 0.6) is 11.5 Å². The third-order valence-corrected chi connectivity index (χ3v) is 9.45. The van der Waals surface area contributed by atoms with Crippen molar-refractivity contribution in [1.82, 2.24) is 9.72 Å². The van der Waals surface area contributed by atoms with Gasteiger partial charge in [-0.3, -0.25) is 9.36 Å². The smallest absolute Gasteiger partial charge is 0.392 e. The minimum absolute atomic E-state index is 0.00128. The van der Waals surface area contributed by atoms with Gasteiger partial charge in [-0.2, -0.15) is 13.2 Å². The number of hydrogen-bond acceptors (Lipinski definition) is 7. The monoisotopic (exact) mass is 625 g/mol. The molecule has 9 nitrogen and oxygen atoms in total. The SMILES string of the molecule is COc1ccc(CN(c2ccon2)S(=O)(=O)c2ccc3c(ccc(=O)n3-c3ccc(C4C[C@H]4C(F)(F)F)cc3OC)c2)cc1. The minimum atomic E-state index is -4.28. The molecule has 1 aliphatic carbocycles. The Labute approximate surface area is 250 Å². The van der Waals surface area contributed by atoms with Gasteiger partial charge in [-0.05, 0) is 72.0 Å². The van der Waals surface area contributed by atoms with Crippen molar-refractivity contribution in [1.29, 1.82) is 0 Å². The van der Waals surface area contributed by atoms with Gasteiger partial charge >= 0.3 is 6.18 Å². The Hall–Kier alpha value is -4.78. The predicted octanol–water partition coefficient (Wildman–Crippen LogP) is 6.06. The number of aromatic nitrogens is 2. The summed E-state index contributed by atoms with van der Waals surface area (Å²) >= 11 is 0. The van der Waals surface area contributed by atoms with E-state index in [2.05, 4.69) is 5.16 Å². The van der Waals surface area contributed by atoms with Gasteiger partial charge in [0.1, 0.15) is 17.8 Å². The number of benzene rings is 3. The quantitative estimate of drug-likeness (QED) is 0.196. The lowest BCUT2D eigenvalue weighted by molar-refractivity contribution is -0.148. The van der Waals surface area contributed by atoms with Crippen molar-refractivity contribution in [2.75, 3.05) is 18.5 Å². The maximum atomic E-state index is 14.0. The maximum absolute atomic E-state index is 14.0. The summed E-state index contributed by atoms with van der Waals surface area (Å²) in [4.78, 5) is 13.1. The first-order chi connectivity index (χ1) is 21.0. The molecule has 228 valence electrons. The molecule has 2 heterocycles. The van der Waals surface area contributed by atoms with Crippen LogP contribution in [0.3, 0.4) is 0 Å². The Kier molecular flexibility index (Phi) is 7.36. The molecular weight excluding hydrogens is 599 g/mol. The molecule has 6 rings (SSSR count). The van der Waals surface area contributed by atoms with Crippen molar-refractivity contribution in [3.05, 3.63) is 107 Å². The van der Waals surface area contributed by atoms with Crippen LogP contribution in [0.15, 0.2) is 99.3 Å². The second kappa shape index (κ2) is 11.1. The van der Waals surface area contributed by atoms with E-state index in [1.807, 2.05) is 0 Å². The first kappa shape index (κ1) is 29.3. The second-order valence-corrected chi connectivity index (χ2v) is 12.2. The Balaban J connectivity index is 1.39. The van der Waals surface area contributed by atoms with E-state index < -0.39 is 33.6 Å². The Morgan fingerprint density at radius 1 is 0.977 bits per heavy atom. The van der Waals surface area contributed by atoms with Crippen LogP contribution in [-0.2, 0) is 16.6 Å². The highest BCUT2D eigenvalue weighted by Crippen LogP contribution is 2.56. The zero-order valence-corrected chi connectivity index (χ0v) is 24.3. The van der Waals surface area contributed by atoms with Crippen LogP contribution in [0, 0.1) is 5.92 Å². The van der Waals surface area contributed by atoms with Gasteiger partial charge in [0.25, 0.3) is 15.6 Å². The van der Waals surface area contributed by atoms with Crippen molar-refractivity contribution in [2.24, 2.45) is 5.92 Å². The summed E-state index contributed by atoms with van der Waals surface area (Å²) in [7, 11) is -1.27. The lowest BCUT2D eigenvalue weighted by Crippen LogP contribution is -2.31. The molecule has 13 heteroatoms. The van der Waals surface area contributed by atoms with E-state index in [-0.39, 0.29) is 29.4 Å². The molecule has 0 spiro atoms. The third kappa shape index (κ3) is 5.39. The first-order valence-electron chi connectivity index (χ1n) is 13.5. The molecule has 2 atom stereocenters. The first-order valence-corrected chi connectivity index (χ1v) is 14.9. The van der Waals surface area contributed by atoms with Crippen LogP contribution in [0.25, 0.3) is 16.6 Å². The fourth-order valence-electron chi connectivity index (χ4n) is 5.32. The molecule has 3 aromatic carbocycles.